The molecule has 3 rings (SSSR count). The lowest BCUT2D eigenvalue weighted by Crippen LogP contribution is -2.35. The van der Waals surface area contributed by atoms with Crippen LogP contribution in [0.15, 0.2) is 18.3 Å². The molecule has 0 spiro atoms. The van der Waals surface area contributed by atoms with Crippen LogP contribution in [0, 0.1) is 17.2 Å². The molecule has 0 saturated carbocycles. The summed E-state index contributed by atoms with van der Waals surface area (Å²) in [6.45, 7) is 2.15. The van der Waals surface area contributed by atoms with Crippen LogP contribution < -0.4 is 19.1 Å². The molecule has 2 heterocycles. The molecule has 1 unspecified atom stereocenters. The molecule has 1 aromatic carbocycles. The third-order valence-electron chi connectivity index (χ3n) is 5.17. The monoisotopic (exact) mass is 404 g/mol. The zero-order valence-electron chi connectivity index (χ0n) is 16.0. The summed E-state index contributed by atoms with van der Waals surface area (Å²) in [5, 5.41) is 10.5. The minimum atomic E-state index is -1.96. The van der Waals surface area contributed by atoms with Crippen molar-refractivity contribution in [3.05, 3.63) is 23.9 Å². The van der Waals surface area contributed by atoms with Gasteiger partial charge >= 0.3 is 0 Å². The van der Waals surface area contributed by atoms with Gasteiger partial charge in [0.15, 0.2) is 11.5 Å². The van der Waals surface area contributed by atoms with Gasteiger partial charge in [0.2, 0.25) is 11.3 Å². The van der Waals surface area contributed by atoms with Gasteiger partial charge in [-0.3, -0.25) is 9.54 Å². The summed E-state index contributed by atoms with van der Waals surface area (Å²) in [6.07, 6.45) is 4.38. The van der Waals surface area contributed by atoms with E-state index in [1.54, 1.807) is 20.4 Å². The third-order valence-corrected chi connectivity index (χ3v) is 5.63. The zero-order valence-corrected chi connectivity index (χ0v) is 16.8. The number of hydrogen-bond acceptors (Lipinski definition) is 6. The van der Waals surface area contributed by atoms with Gasteiger partial charge in [0, 0.05) is 37.3 Å². The molecule has 0 radical (unpaired) electrons. The van der Waals surface area contributed by atoms with Gasteiger partial charge in [0.1, 0.15) is 6.07 Å². The molecule has 1 fully saturated rings. The third kappa shape index (κ3) is 4.35. The predicted molar refractivity (Wildman–Crippen MR) is 108 cm³/mol. The van der Waals surface area contributed by atoms with Gasteiger partial charge in [0.05, 0.1) is 31.0 Å². The van der Waals surface area contributed by atoms with Crippen LogP contribution in [-0.4, -0.2) is 47.6 Å². The van der Waals surface area contributed by atoms with Crippen LogP contribution in [-0.2, 0) is 11.3 Å². The maximum atomic E-state index is 10.7. The number of rotatable bonds is 7. The first-order valence-corrected chi connectivity index (χ1v) is 10.2. The molecule has 1 aliphatic rings. The van der Waals surface area contributed by atoms with E-state index in [2.05, 4.69) is 20.7 Å². The molecule has 8 nitrogen and oxygen atoms in total. The Balaban J connectivity index is 1.86. The Hall–Kier alpha value is -2.41. The number of methoxy groups -OCH3 is 2. The first-order chi connectivity index (χ1) is 13.6. The number of aromatic nitrogens is 1. The van der Waals surface area contributed by atoms with Crippen LogP contribution in [0.2, 0.25) is 0 Å². The Labute approximate surface area is 166 Å². The summed E-state index contributed by atoms with van der Waals surface area (Å²) < 4.78 is 32.9. The number of ether oxygens (including phenoxy) is 2. The molecule has 2 aromatic rings. The van der Waals surface area contributed by atoms with Crippen LogP contribution in [0.4, 0.5) is 5.69 Å². The van der Waals surface area contributed by atoms with Crippen LogP contribution in [0.25, 0.3) is 10.9 Å². The summed E-state index contributed by atoms with van der Waals surface area (Å²) in [7, 11) is 3.17. The molecule has 1 aromatic heterocycles. The van der Waals surface area contributed by atoms with Crippen molar-refractivity contribution in [3.63, 3.8) is 0 Å². The van der Waals surface area contributed by atoms with Crippen molar-refractivity contribution in [2.24, 2.45) is 5.92 Å². The molecule has 28 heavy (non-hydrogen) atoms. The Morgan fingerprint density at radius 2 is 2.00 bits per heavy atom. The summed E-state index contributed by atoms with van der Waals surface area (Å²) in [4.78, 5) is 6.64. The van der Waals surface area contributed by atoms with E-state index < -0.39 is 11.3 Å². The number of hydrogen-bond donors (Lipinski definition) is 2. The minimum Gasteiger partial charge on any atom is -0.493 e. The Kier molecular flexibility index (Phi) is 6.67. The Morgan fingerprint density at radius 1 is 1.32 bits per heavy atom. The summed E-state index contributed by atoms with van der Waals surface area (Å²) in [6, 6.07) is 5.97. The van der Waals surface area contributed by atoms with Gasteiger partial charge in [-0.05, 0) is 31.2 Å². The van der Waals surface area contributed by atoms with Gasteiger partial charge in [0.25, 0.3) is 0 Å². The van der Waals surface area contributed by atoms with Crippen molar-refractivity contribution in [1.29, 1.82) is 5.26 Å². The first-order valence-electron chi connectivity index (χ1n) is 9.11. The highest BCUT2D eigenvalue weighted by Crippen LogP contribution is 2.38. The highest BCUT2D eigenvalue weighted by atomic mass is 32.2. The molecule has 150 valence electrons. The SMILES string of the molecule is COc1cc2ncc(C#N)c(N3CCC(CCNS(=O)O)CC3)c2cc1OC. The van der Waals surface area contributed by atoms with Crippen LogP contribution in [0.1, 0.15) is 24.8 Å². The van der Waals surface area contributed by atoms with E-state index in [0.29, 0.717) is 29.5 Å². The second-order valence-electron chi connectivity index (χ2n) is 6.72. The van der Waals surface area contributed by atoms with E-state index in [1.165, 1.54) is 0 Å². The Bertz CT molecular complexity index is 907. The molecule has 1 atom stereocenters. The molecule has 1 saturated heterocycles. The Morgan fingerprint density at radius 3 is 2.61 bits per heavy atom. The van der Waals surface area contributed by atoms with Gasteiger partial charge < -0.3 is 14.4 Å². The molecule has 2 N–H and O–H groups in total. The van der Waals surface area contributed by atoms with E-state index >= 15 is 0 Å². The summed E-state index contributed by atoms with van der Waals surface area (Å²) in [5.74, 6) is 1.69. The summed E-state index contributed by atoms with van der Waals surface area (Å²) >= 11 is -1.96. The molecule has 0 bridgehead atoms. The maximum Gasteiger partial charge on any atom is 0.231 e. The number of piperidine rings is 1. The zero-order chi connectivity index (χ0) is 20.1. The smallest absolute Gasteiger partial charge is 0.231 e. The summed E-state index contributed by atoms with van der Waals surface area (Å²) in [5.41, 5.74) is 2.17. The second kappa shape index (κ2) is 9.19. The molecular formula is C19H24N4O4S. The standard InChI is InChI=1S/C19H24N4O4S/c1-26-17-9-15-16(10-18(17)27-2)21-12-14(11-20)19(15)23-7-4-13(5-8-23)3-6-22-28(24)25/h9-10,12-13,22H,3-8H2,1-2H3,(H,24,25). The van der Waals surface area contributed by atoms with Crippen LogP contribution in [0.3, 0.4) is 0 Å². The number of benzene rings is 1. The number of pyridine rings is 1. The highest BCUT2D eigenvalue weighted by Gasteiger charge is 2.24. The molecule has 1 aliphatic heterocycles. The van der Waals surface area contributed by atoms with Crippen molar-refractivity contribution in [2.75, 3.05) is 38.8 Å². The number of nitriles is 1. The van der Waals surface area contributed by atoms with Gasteiger partial charge in [-0.15, -0.1) is 0 Å². The van der Waals surface area contributed by atoms with E-state index in [1.807, 2.05) is 12.1 Å². The van der Waals surface area contributed by atoms with E-state index in [9.17, 15) is 9.47 Å². The van der Waals surface area contributed by atoms with Gasteiger partial charge in [-0.25, -0.2) is 8.93 Å². The van der Waals surface area contributed by atoms with Crippen LogP contribution in [0.5, 0.6) is 11.5 Å². The van der Waals surface area contributed by atoms with E-state index in [-0.39, 0.29) is 0 Å². The molecule has 0 amide bonds. The fourth-order valence-corrected chi connectivity index (χ4v) is 4.02. The second-order valence-corrected chi connectivity index (χ2v) is 7.51. The fourth-order valence-electron chi connectivity index (χ4n) is 3.72. The van der Waals surface area contributed by atoms with Crippen molar-refractivity contribution >= 4 is 27.9 Å². The minimum absolute atomic E-state index is 0.487. The maximum absolute atomic E-state index is 10.7. The normalized spacial score (nSPS) is 16.0. The predicted octanol–water partition coefficient (Wildman–Crippen LogP) is 2.46. The van der Waals surface area contributed by atoms with Crippen molar-refractivity contribution in [1.82, 2.24) is 9.71 Å². The number of nitrogens with zero attached hydrogens (tertiary/aromatic N) is 3. The average Bonchev–Trinajstić information content (AvgIpc) is 2.72. The van der Waals surface area contributed by atoms with Crippen molar-refractivity contribution in [3.8, 4) is 17.6 Å². The number of anilines is 1. The molecular weight excluding hydrogens is 380 g/mol. The highest BCUT2D eigenvalue weighted by molar-refractivity contribution is 7.77. The lowest BCUT2D eigenvalue weighted by molar-refractivity contribution is 0.355. The largest absolute Gasteiger partial charge is 0.493 e. The average molecular weight is 404 g/mol. The first kappa shape index (κ1) is 20.3. The van der Waals surface area contributed by atoms with Crippen molar-refractivity contribution < 1.29 is 18.2 Å². The quantitative estimate of drug-likeness (QED) is 0.683. The van der Waals surface area contributed by atoms with E-state index in [0.717, 1.165) is 48.9 Å². The lowest BCUT2D eigenvalue weighted by atomic mass is 9.92. The van der Waals surface area contributed by atoms with E-state index in [4.69, 9.17) is 14.0 Å². The lowest BCUT2D eigenvalue weighted by Gasteiger charge is -2.34. The molecule has 0 aliphatic carbocycles. The number of nitrogens with one attached hydrogen (secondary N) is 1. The van der Waals surface area contributed by atoms with Crippen molar-refractivity contribution in [2.45, 2.75) is 19.3 Å². The molecule has 9 heteroatoms. The topological polar surface area (TPSA) is 108 Å². The van der Waals surface area contributed by atoms with Crippen LogP contribution >= 0.6 is 0 Å². The number of fused-ring (bicyclic) bond motifs is 1. The van der Waals surface area contributed by atoms with Gasteiger partial charge in [-0.1, -0.05) is 0 Å². The van der Waals surface area contributed by atoms with Gasteiger partial charge in [-0.2, -0.15) is 5.26 Å². The fraction of sp³-hybridized carbons (Fsp3) is 0.474.